The van der Waals surface area contributed by atoms with Gasteiger partial charge in [0.2, 0.25) is 0 Å². The fraction of sp³-hybridized carbons (Fsp3) is 0.214. The van der Waals surface area contributed by atoms with Gasteiger partial charge in [-0.15, -0.1) is 11.3 Å². The van der Waals surface area contributed by atoms with Crippen molar-refractivity contribution in [3.05, 3.63) is 40.4 Å². The number of aromatic nitrogens is 1. The topological polar surface area (TPSA) is 56.3 Å². The molecule has 0 radical (unpaired) electrons. The number of esters is 1. The monoisotopic (exact) mass is 275 g/mol. The number of aryl methyl sites for hydroxylation is 1. The van der Waals surface area contributed by atoms with E-state index in [-0.39, 0.29) is 11.8 Å². The van der Waals surface area contributed by atoms with Crippen LogP contribution in [-0.4, -0.2) is 23.8 Å². The number of nitrogens with zero attached hydrogens (tertiary/aromatic N) is 1. The summed E-state index contributed by atoms with van der Waals surface area (Å²) >= 11 is 1.36. The summed E-state index contributed by atoms with van der Waals surface area (Å²) in [5.41, 5.74) is 2.11. The summed E-state index contributed by atoms with van der Waals surface area (Å²) in [6.07, 6.45) is 0. The van der Waals surface area contributed by atoms with Gasteiger partial charge in [-0.1, -0.05) is 12.1 Å². The van der Waals surface area contributed by atoms with E-state index in [0.717, 1.165) is 16.3 Å². The Bertz CT molecular complexity index is 629. The SMILES string of the molecule is COC(=O)c1ccc(-c2nc(C)c(C(C)=O)s2)cc1. The lowest BCUT2D eigenvalue weighted by Gasteiger charge is -2.00. The smallest absolute Gasteiger partial charge is 0.337 e. The standard InChI is InChI=1S/C14H13NO3S/c1-8-12(9(2)16)19-13(15-8)10-4-6-11(7-5-10)14(17)18-3/h4-7H,1-3H3. The minimum atomic E-state index is -0.369. The van der Waals surface area contributed by atoms with Crippen molar-refractivity contribution in [3.8, 4) is 10.6 Å². The second-order valence-corrected chi connectivity index (χ2v) is 5.06. The maximum Gasteiger partial charge on any atom is 0.337 e. The van der Waals surface area contributed by atoms with E-state index in [0.29, 0.717) is 10.4 Å². The average molecular weight is 275 g/mol. The molecular weight excluding hydrogens is 262 g/mol. The van der Waals surface area contributed by atoms with Gasteiger partial charge in [0, 0.05) is 12.5 Å². The van der Waals surface area contributed by atoms with Crippen molar-refractivity contribution in [1.29, 1.82) is 0 Å². The molecule has 0 aliphatic rings. The summed E-state index contributed by atoms with van der Waals surface area (Å²) < 4.78 is 4.64. The first-order chi connectivity index (χ1) is 9.02. The highest BCUT2D eigenvalue weighted by Crippen LogP contribution is 2.28. The summed E-state index contributed by atoms with van der Waals surface area (Å²) in [4.78, 5) is 27.8. The fourth-order valence-corrected chi connectivity index (χ4v) is 2.68. The van der Waals surface area contributed by atoms with Gasteiger partial charge in [-0.25, -0.2) is 9.78 Å². The van der Waals surface area contributed by atoms with E-state index in [4.69, 9.17) is 0 Å². The number of methoxy groups -OCH3 is 1. The van der Waals surface area contributed by atoms with Crippen LogP contribution in [0.15, 0.2) is 24.3 Å². The van der Waals surface area contributed by atoms with Crippen LogP contribution < -0.4 is 0 Å². The molecule has 0 bridgehead atoms. The molecule has 1 aromatic heterocycles. The highest BCUT2D eigenvalue weighted by Gasteiger charge is 2.13. The molecule has 2 rings (SSSR count). The third-order valence-corrected chi connectivity index (χ3v) is 3.98. The van der Waals surface area contributed by atoms with Crippen molar-refractivity contribution in [2.45, 2.75) is 13.8 Å². The first-order valence-corrected chi connectivity index (χ1v) is 6.51. The van der Waals surface area contributed by atoms with Gasteiger partial charge in [-0.3, -0.25) is 4.79 Å². The first-order valence-electron chi connectivity index (χ1n) is 5.70. The van der Waals surface area contributed by atoms with Gasteiger partial charge >= 0.3 is 5.97 Å². The predicted octanol–water partition coefficient (Wildman–Crippen LogP) is 3.11. The van der Waals surface area contributed by atoms with Crippen LogP contribution in [0.1, 0.15) is 32.6 Å². The second-order valence-electron chi connectivity index (χ2n) is 4.06. The third-order valence-electron chi connectivity index (χ3n) is 2.67. The van der Waals surface area contributed by atoms with Crippen molar-refractivity contribution in [2.24, 2.45) is 0 Å². The minimum absolute atomic E-state index is 0.0208. The number of Topliss-reactive ketones (excluding diaryl/α,β-unsaturated/α-hetero) is 1. The molecule has 2 aromatic rings. The van der Waals surface area contributed by atoms with Crippen LogP contribution in [-0.2, 0) is 4.74 Å². The van der Waals surface area contributed by atoms with E-state index < -0.39 is 0 Å². The Hall–Kier alpha value is -2.01. The van der Waals surface area contributed by atoms with Gasteiger partial charge in [-0.05, 0) is 19.1 Å². The molecule has 0 unspecified atom stereocenters. The summed E-state index contributed by atoms with van der Waals surface area (Å²) in [6.45, 7) is 3.35. The van der Waals surface area contributed by atoms with Crippen LogP contribution in [0.2, 0.25) is 0 Å². The first kappa shape index (κ1) is 13.4. The molecule has 0 atom stereocenters. The van der Waals surface area contributed by atoms with Crippen LogP contribution in [0.3, 0.4) is 0 Å². The zero-order chi connectivity index (χ0) is 14.0. The molecule has 0 spiro atoms. The Balaban J connectivity index is 2.35. The van der Waals surface area contributed by atoms with Gasteiger partial charge < -0.3 is 4.74 Å². The molecule has 98 valence electrons. The van der Waals surface area contributed by atoms with Crippen molar-refractivity contribution in [2.75, 3.05) is 7.11 Å². The number of carbonyl (C=O) groups excluding carboxylic acids is 2. The highest BCUT2D eigenvalue weighted by molar-refractivity contribution is 7.17. The average Bonchev–Trinajstić information content (AvgIpc) is 2.80. The molecule has 0 aliphatic carbocycles. The summed E-state index contributed by atoms with van der Waals surface area (Å²) in [6, 6.07) is 6.97. The van der Waals surface area contributed by atoms with Crippen molar-refractivity contribution in [1.82, 2.24) is 4.98 Å². The molecule has 5 heteroatoms. The maximum atomic E-state index is 11.4. The van der Waals surface area contributed by atoms with E-state index in [2.05, 4.69) is 9.72 Å². The Morgan fingerprint density at radius 1 is 1.21 bits per heavy atom. The Morgan fingerprint density at radius 3 is 2.32 bits per heavy atom. The zero-order valence-electron chi connectivity index (χ0n) is 10.9. The second kappa shape index (κ2) is 5.32. The summed E-state index contributed by atoms with van der Waals surface area (Å²) in [7, 11) is 1.35. The van der Waals surface area contributed by atoms with Crippen molar-refractivity contribution in [3.63, 3.8) is 0 Å². The van der Waals surface area contributed by atoms with Crippen LogP contribution in [0.5, 0.6) is 0 Å². The normalized spacial score (nSPS) is 10.3. The molecule has 0 saturated heterocycles. The van der Waals surface area contributed by atoms with Crippen LogP contribution >= 0.6 is 11.3 Å². The number of benzene rings is 1. The fourth-order valence-electron chi connectivity index (χ4n) is 1.71. The minimum Gasteiger partial charge on any atom is -0.465 e. The summed E-state index contributed by atoms with van der Waals surface area (Å²) in [5, 5.41) is 0.777. The van der Waals surface area contributed by atoms with Crippen LogP contribution in [0.25, 0.3) is 10.6 Å². The van der Waals surface area contributed by atoms with Crippen molar-refractivity contribution >= 4 is 23.1 Å². The zero-order valence-corrected chi connectivity index (χ0v) is 11.7. The number of ether oxygens (including phenoxy) is 1. The Labute approximate surface area is 115 Å². The summed E-state index contributed by atoms with van der Waals surface area (Å²) in [5.74, 6) is -0.348. The van der Waals surface area contributed by atoms with Gasteiger partial charge in [0.15, 0.2) is 5.78 Å². The quantitative estimate of drug-likeness (QED) is 0.638. The van der Waals surface area contributed by atoms with E-state index in [1.54, 1.807) is 24.3 Å². The Morgan fingerprint density at radius 2 is 1.84 bits per heavy atom. The van der Waals surface area contributed by atoms with E-state index in [1.807, 2.05) is 6.92 Å². The molecule has 0 fully saturated rings. The molecule has 0 saturated carbocycles. The third kappa shape index (κ3) is 2.71. The number of thiazole rings is 1. The molecule has 1 heterocycles. The lowest BCUT2D eigenvalue weighted by atomic mass is 10.1. The molecule has 0 N–H and O–H groups in total. The largest absolute Gasteiger partial charge is 0.465 e. The van der Waals surface area contributed by atoms with Crippen LogP contribution in [0, 0.1) is 6.92 Å². The number of carbonyl (C=O) groups is 2. The van der Waals surface area contributed by atoms with Gasteiger partial charge in [-0.2, -0.15) is 0 Å². The molecule has 19 heavy (non-hydrogen) atoms. The lowest BCUT2D eigenvalue weighted by Crippen LogP contribution is -2.00. The molecule has 1 aromatic carbocycles. The van der Waals surface area contributed by atoms with Gasteiger partial charge in [0.05, 0.1) is 23.2 Å². The molecular formula is C14H13NO3S. The van der Waals surface area contributed by atoms with E-state index >= 15 is 0 Å². The van der Waals surface area contributed by atoms with Gasteiger partial charge in [0.1, 0.15) is 5.01 Å². The molecule has 4 nitrogen and oxygen atoms in total. The lowest BCUT2D eigenvalue weighted by molar-refractivity contribution is 0.0600. The van der Waals surface area contributed by atoms with Crippen molar-refractivity contribution < 1.29 is 14.3 Å². The van der Waals surface area contributed by atoms with Crippen LogP contribution in [0.4, 0.5) is 0 Å². The number of rotatable bonds is 3. The number of hydrogen-bond acceptors (Lipinski definition) is 5. The number of ketones is 1. The predicted molar refractivity (Wildman–Crippen MR) is 73.6 cm³/mol. The van der Waals surface area contributed by atoms with Gasteiger partial charge in [0.25, 0.3) is 0 Å². The molecule has 0 amide bonds. The van der Waals surface area contributed by atoms with E-state index in [1.165, 1.54) is 25.4 Å². The van der Waals surface area contributed by atoms with E-state index in [9.17, 15) is 9.59 Å². The Kier molecular flexibility index (Phi) is 3.76. The highest BCUT2D eigenvalue weighted by atomic mass is 32.1. The molecule has 0 aliphatic heterocycles. The maximum absolute atomic E-state index is 11.4. The number of hydrogen-bond donors (Lipinski definition) is 0.